The summed E-state index contributed by atoms with van der Waals surface area (Å²) in [5.74, 6) is 0.0854. The fourth-order valence-electron chi connectivity index (χ4n) is 3.00. The van der Waals surface area contributed by atoms with E-state index in [0.29, 0.717) is 5.69 Å². The molecule has 2 atom stereocenters. The van der Waals surface area contributed by atoms with Crippen LogP contribution in [0.5, 0.6) is 0 Å². The van der Waals surface area contributed by atoms with Crippen LogP contribution in [0.25, 0.3) is 11.3 Å². The van der Waals surface area contributed by atoms with E-state index in [1.165, 1.54) is 18.3 Å². The van der Waals surface area contributed by atoms with E-state index in [1.54, 1.807) is 18.2 Å². The zero-order chi connectivity index (χ0) is 17.6. The molecule has 0 aliphatic heterocycles. The Balaban J connectivity index is 1.68. The molecule has 4 rings (SSSR count). The summed E-state index contributed by atoms with van der Waals surface area (Å²) in [5, 5.41) is 8.16. The lowest BCUT2D eigenvalue weighted by Crippen LogP contribution is -2.23. The van der Waals surface area contributed by atoms with Crippen molar-refractivity contribution in [2.75, 3.05) is 0 Å². The largest absolute Gasteiger partial charge is 0.325 e. The zero-order valence-electron chi connectivity index (χ0n) is 12.8. The Morgan fingerprint density at radius 1 is 1.12 bits per heavy atom. The summed E-state index contributed by atoms with van der Waals surface area (Å²) in [6.07, 6.45) is 2.16. The number of H-pyrrole nitrogens is 2. The van der Waals surface area contributed by atoms with Crippen LogP contribution in [0.1, 0.15) is 29.4 Å². The van der Waals surface area contributed by atoms with E-state index >= 15 is 0 Å². The van der Waals surface area contributed by atoms with Crippen molar-refractivity contribution in [2.45, 2.75) is 18.3 Å². The standard InChI is InChI=1S/C17H12ClFN4O2/c18-15-12(11-5-10(11)8-1-3-9(19)4-2-8)6-14(22-23-15)13-7-20-17(25)21-16(13)24/h1-4,6-7,10-11H,5H2,(H2,20,21,24,25)/t10-,11+/m1/s1. The maximum absolute atomic E-state index is 13.1. The molecular formula is C17H12ClFN4O2. The van der Waals surface area contributed by atoms with Gasteiger partial charge < -0.3 is 4.98 Å². The molecule has 1 aromatic carbocycles. The van der Waals surface area contributed by atoms with Crippen LogP contribution < -0.4 is 11.2 Å². The van der Waals surface area contributed by atoms with Gasteiger partial charge in [0.05, 0.1) is 5.56 Å². The van der Waals surface area contributed by atoms with Crippen molar-refractivity contribution in [2.24, 2.45) is 0 Å². The summed E-state index contributed by atoms with van der Waals surface area (Å²) in [6.45, 7) is 0. The van der Waals surface area contributed by atoms with Crippen LogP contribution >= 0.6 is 11.6 Å². The second-order valence-corrected chi connectivity index (χ2v) is 6.32. The lowest BCUT2D eigenvalue weighted by Gasteiger charge is -2.06. The number of hydrogen-bond donors (Lipinski definition) is 2. The number of aromatic amines is 2. The first-order valence-corrected chi connectivity index (χ1v) is 8.01. The Hall–Kier alpha value is -2.80. The SMILES string of the molecule is O=c1[nH]cc(-c2cc([C@H]3C[C@@H]3c3ccc(F)cc3)c(Cl)nn2)c(=O)[nH]1. The Morgan fingerprint density at radius 3 is 2.60 bits per heavy atom. The van der Waals surface area contributed by atoms with E-state index in [1.807, 2.05) is 0 Å². The number of halogens is 2. The van der Waals surface area contributed by atoms with Crippen molar-refractivity contribution in [3.63, 3.8) is 0 Å². The smallest absolute Gasteiger partial charge is 0.313 e. The number of nitrogens with zero attached hydrogens (tertiary/aromatic N) is 2. The van der Waals surface area contributed by atoms with Crippen molar-refractivity contribution < 1.29 is 4.39 Å². The number of hydrogen-bond acceptors (Lipinski definition) is 4. The Labute approximate surface area is 145 Å². The molecule has 126 valence electrons. The molecule has 0 amide bonds. The van der Waals surface area contributed by atoms with E-state index in [-0.39, 0.29) is 28.4 Å². The van der Waals surface area contributed by atoms with Gasteiger partial charge in [-0.2, -0.15) is 0 Å². The molecule has 25 heavy (non-hydrogen) atoms. The summed E-state index contributed by atoms with van der Waals surface area (Å²) < 4.78 is 13.1. The molecule has 1 aliphatic carbocycles. The van der Waals surface area contributed by atoms with E-state index in [0.717, 1.165) is 17.5 Å². The highest BCUT2D eigenvalue weighted by Gasteiger charge is 2.41. The first kappa shape index (κ1) is 15.7. The van der Waals surface area contributed by atoms with Gasteiger partial charge in [-0.05, 0) is 47.6 Å². The number of nitrogens with one attached hydrogen (secondary N) is 2. The van der Waals surface area contributed by atoms with Gasteiger partial charge >= 0.3 is 5.69 Å². The summed E-state index contributed by atoms with van der Waals surface area (Å²) in [4.78, 5) is 27.6. The fraction of sp³-hybridized carbons (Fsp3) is 0.176. The topological polar surface area (TPSA) is 91.5 Å². The van der Waals surface area contributed by atoms with Gasteiger partial charge in [0.1, 0.15) is 11.5 Å². The van der Waals surface area contributed by atoms with Crippen molar-refractivity contribution in [1.29, 1.82) is 0 Å². The molecule has 2 N–H and O–H groups in total. The maximum atomic E-state index is 13.1. The minimum Gasteiger partial charge on any atom is -0.313 e. The quantitative estimate of drug-likeness (QED) is 0.752. The second kappa shape index (κ2) is 5.93. The van der Waals surface area contributed by atoms with E-state index in [9.17, 15) is 14.0 Å². The van der Waals surface area contributed by atoms with Gasteiger partial charge in [-0.3, -0.25) is 9.78 Å². The minimum absolute atomic E-state index is 0.133. The highest BCUT2D eigenvalue weighted by molar-refractivity contribution is 6.30. The summed E-state index contributed by atoms with van der Waals surface area (Å²) in [6, 6.07) is 8.10. The predicted molar refractivity (Wildman–Crippen MR) is 90.2 cm³/mol. The molecule has 0 unspecified atom stereocenters. The van der Waals surface area contributed by atoms with Crippen LogP contribution in [0.15, 0.2) is 46.1 Å². The third kappa shape index (κ3) is 2.98. The molecular weight excluding hydrogens is 347 g/mol. The molecule has 6 nitrogen and oxygen atoms in total. The predicted octanol–water partition coefficient (Wildman–Crippen LogP) is 2.58. The molecule has 1 aliphatic rings. The van der Waals surface area contributed by atoms with Crippen molar-refractivity contribution in [1.82, 2.24) is 20.2 Å². The van der Waals surface area contributed by atoms with E-state index in [2.05, 4.69) is 20.2 Å². The van der Waals surface area contributed by atoms with Gasteiger partial charge in [0.2, 0.25) is 0 Å². The molecule has 3 aromatic rings. The third-order valence-electron chi connectivity index (χ3n) is 4.36. The second-order valence-electron chi connectivity index (χ2n) is 5.96. The normalized spacial score (nSPS) is 19.0. The third-order valence-corrected chi connectivity index (χ3v) is 4.65. The lowest BCUT2D eigenvalue weighted by atomic mass is 10.0. The lowest BCUT2D eigenvalue weighted by molar-refractivity contribution is 0.627. The van der Waals surface area contributed by atoms with Crippen LogP contribution in [0, 0.1) is 5.82 Å². The van der Waals surface area contributed by atoms with Gasteiger partial charge in [-0.15, -0.1) is 10.2 Å². The van der Waals surface area contributed by atoms with Crippen LogP contribution in [0.2, 0.25) is 5.15 Å². The van der Waals surface area contributed by atoms with Crippen LogP contribution in [-0.4, -0.2) is 20.2 Å². The fourth-order valence-corrected chi connectivity index (χ4v) is 3.23. The van der Waals surface area contributed by atoms with E-state index in [4.69, 9.17) is 11.6 Å². The molecule has 1 saturated carbocycles. The molecule has 0 radical (unpaired) electrons. The van der Waals surface area contributed by atoms with Gasteiger partial charge in [0.15, 0.2) is 5.15 Å². The maximum Gasteiger partial charge on any atom is 0.325 e. The molecule has 0 spiro atoms. The van der Waals surface area contributed by atoms with E-state index < -0.39 is 11.2 Å². The first-order valence-electron chi connectivity index (χ1n) is 7.64. The van der Waals surface area contributed by atoms with Crippen LogP contribution in [0.4, 0.5) is 4.39 Å². The minimum atomic E-state index is -0.588. The Morgan fingerprint density at radius 2 is 1.88 bits per heavy atom. The van der Waals surface area contributed by atoms with Crippen LogP contribution in [0.3, 0.4) is 0 Å². The van der Waals surface area contributed by atoms with Crippen molar-refractivity contribution >= 4 is 11.6 Å². The molecule has 0 bridgehead atoms. The van der Waals surface area contributed by atoms with Crippen LogP contribution in [-0.2, 0) is 0 Å². The highest BCUT2D eigenvalue weighted by atomic mass is 35.5. The summed E-state index contributed by atoms with van der Waals surface area (Å²) in [7, 11) is 0. The number of rotatable bonds is 3. The average molecular weight is 359 g/mol. The summed E-state index contributed by atoms with van der Waals surface area (Å²) in [5.41, 5.74) is 1.23. The Bertz CT molecular complexity index is 1060. The molecule has 2 aromatic heterocycles. The summed E-state index contributed by atoms with van der Waals surface area (Å²) >= 11 is 6.18. The number of aromatic nitrogens is 4. The molecule has 0 saturated heterocycles. The van der Waals surface area contributed by atoms with Gasteiger partial charge in [-0.25, -0.2) is 9.18 Å². The van der Waals surface area contributed by atoms with Gasteiger partial charge in [0.25, 0.3) is 5.56 Å². The van der Waals surface area contributed by atoms with Crippen molar-refractivity contribution in [3.05, 3.63) is 79.5 Å². The Kier molecular flexibility index (Phi) is 3.73. The first-order chi connectivity index (χ1) is 12.0. The molecule has 8 heteroatoms. The van der Waals surface area contributed by atoms with Gasteiger partial charge in [0, 0.05) is 6.20 Å². The number of benzene rings is 1. The zero-order valence-corrected chi connectivity index (χ0v) is 13.5. The molecule has 1 fully saturated rings. The molecule has 2 heterocycles. The highest BCUT2D eigenvalue weighted by Crippen LogP contribution is 2.56. The monoisotopic (exact) mass is 358 g/mol. The van der Waals surface area contributed by atoms with Crippen molar-refractivity contribution in [3.8, 4) is 11.3 Å². The average Bonchev–Trinajstić information content (AvgIpc) is 3.37. The van der Waals surface area contributed by atoms with Gasteiger partial charge in [-0.1, -0.05) is 23.7 Å².